The van der Waals surface area contributed by atoms with E-state index in [4.69, 9.17) is 0 Å². The average molecular weight is 345 g/mol. The van der Waals surface area contributed by atoms with Gasteiger partial charge in [-0.25, -0.2) is 4.98 Å². The molecule has 6 heteroatoms. The number of aryl methyl sites for hydroxylation is 2. The van der Waals surface area contributed by atoms with E-state index in [2.05, 4.69) is 15.2 Å². The van der Waals surface area contributed by atoms with Gasteiger partial charge in [0.15, 0.2) is 0 Å². The molecule has 1 aliphatic rings. The molecule has 0 atom stereocenters. The number of amides is 1. The van der Waals surface area contributed by atoms with Crippen molar-refractivity contribution in [2.75, 3.05) is 18.0 Å². The molecule has 128 valence electrons. The minimum Gasteiger partial charge on any atom is -0.393 e. The van der Waals surface area contributed by atoms with Crippen LogP contribution in [-0.4, -0.2) is 35.2 Å². The van der Waals surface area contributed by atoms with Crippen LogP contribution >= 0.6 is 11.3 Å². The molecule has 1 fully saturated rings. The van der Waals surface area contributed by atoms with Crippen molar-refractivity contribution in [2.45, 2.75) is 39.3 Å². The Kier molecular flexibility index (Phi) is 5.16. The minimum atomic E-state index is -0.176. The Bertz CT molecular complexity index is 684. The van der Waals surface area contributed by atoms with Crippen molar-refractivity contribution in [1.29, 1.82) is 0 Å². The maximum Gasteiger partial charge on any atom is 0.251 e. The number of benzene rings is 1. The molecule has 0 spiro atoms. The van der Waals surface area contributed by atoms with Gasteiger partial charge >= 0.3 is 0 Å². The number of aliphatic hydroxyl groups is 1. The quantitative estimate of drug-likeness (QED) is 0.894. The van der Waals surface area contributed by atoms with Crippen molar-refractivity contribution in [2.24, 2.45) is 0 Å². The summed E-state index contributed by atoms with van der Waals surface area (Å²) in [5, 5.41) is 13.4. The zero-order chi connectivity index (χ0) is 17.1. The number of thiazole rings is 1. The third-order valence-corrected chi connectivity index (χ3v) is 5.50. The lowest BCUT2D eigenvalue weighted by Crippen LogP contribution is -2.35. The third kappa shape index (κ3) is 3.94. The van der Waals surface area contributed by atoms with Crippen LogP contribution in [0.2, 0.25) is 0 Å². The molecule has 0 radical (unpaired) electrons. The van der Waals surface area contributed by atoms with E-state index in [0.29, 0.717) is 12.1 Å². The first-order chi connectivity index (χ1) is 11.5. The highest BCUT2D eigenvalue weighted by molar-refractivity contribution is 7.11. The van der Waals surface area contributed by atoms with Gasteiger partial charge in [-0.15, -0.1) is 11.3 Å². The second-order valence-electron chi connectivity index (χ2n) is 6.20. The molecule has 5 nitrogen and oxygen atoms in total. The summed E-state index contributed by atoms with van der Waals surface area (Å²) in [5.74, 6) is -0.0823. The molecule has 0 aliphatic carbocycles. The number of hydrogen-bond donors (Lipinski definition) is 2. The summed E-state index contributed by atoms with van der Waals surface area (Å²) in [5.41, 5.74) is 2.78. The second-order valence-corrected chi connectivity index (χ2v) is 7.48. The molecule has 1 amide bonds. The lowest BCUT2D eigenvalue weighted by Gasteiger charge is -2.31. The van der Waals surface area contributed by atoms with Crippen molar-refractivity contribution in [1.82, 2.24) is 10.3 Å². The Morgan fingerprint density at radius 1 is 1.29 bits per heavy atom. The van der Waals surface area contributed by atoms with Gasteiger partial charge in [0, 0.05) is 29.2 Å². The highest BCUT2D eigenvalue weighted by Gasteiger charge is 2.17. The molecule has 1 aromatic heterocycles. The van der Waals surface area contributed by atoms with Gasteiger partial charge in [0.05, 0.1) is 18.3 Å². The molecule has 2 N–H and O–H groups in total. The van der Waals surface area contributed by atoms with Gasteiger partial charge in [0.25, 0.3) is 5.91 Å². The van der Waals surface area contributed by atoms with Crippen LogP contribution in [0.3, 0.4) is 0 Å². The fraction of sp³-hybridized carbons (Fsp3) is 0.444. The van der Waals surface area contributed by atoms with Gasteiger partial charge < -0.3 is 15.3 Å². The number of rotatable bonds is 4. The Balaban J connectivity index is 1.57. The van der Waals surface area contributed by atoms with Gasteiger partial charge in [-0.2, -0.15) is 0 Å². The summed E-state index contributed by atoms with van der Waals surface area (Å²) in [7, 11) is 0. The van der Waals surface area contributed by atoms with Crippen LogP contribution in [-0.2, 0) is 6.54 Å². The van der Waals surface area contributed by atoms with Crippen molar-refractivity contribution in [3.8, 4) is 0 Å². The molecule has 2 aromatic rings. The number of hydrogen-bond acceptors (Lipinski definition) is 5. The normalized spacial score (nSPS) is 15.5. The van der Waals surface area contributed by atoms with Gasteiger partial charge in [-0.1, -0.05) is 0 Å². The third-order valence-electron chi connectivity index (χ3n) is 4.43. The van der Waals surface area contributed by atoms with E-state index in [9.17, 15) is 9.90 Å². The van der Waals surface area contributed by atoms with E-state index in [1.807, 2.05) is 38.1 Å². The zero-order valence-corrected chi connectivity index (χ0v) is 14.9. The fourth-order valence-electron chi connectivity index (χ4n) is 2.82. The number of nitrogens with one attached hydrogen (secondary N) is 1. The first kappa shape index (κ1) is 16.9. The average Bonchev–Trinajstić information content (AvgIpc) is 2.92. The van der Waals surface area contributed by atoms with Crippen molar-refractivity contribution >= 4 is 22.9 Å². The number of aliphatic hydroxyl groups excluding tert-OH is 1. The summed E-state index contributed by atoms with van der Waals surface area (Å²) in [4.78, 5) is 20.1. The number of aromatic nitrogens is 1. The van der Waals surface area contributed by atoms with Crippen LogP contribution in [0.25, 0.3) is 0 Å². The predicted molar refractivity (Wildman–Crippen MR) is 96.7 cm³/mol. The second kappa shape index (κ2) is 7.32. The summed E-state index contributed by atoms with van der Waals surface area (Å²) >= 11 is 1.62. The topological polar surface area (TPSA) is 65.5 Å². The Morgan fingerprint density at radius 2 is 1.96 bits per heavy atom. The molecule has 2 heterocycles. The van der Waals surface area contributed by atoms with Gasteiger partial charge in [-0.05, 0) is 51.0 Å². The first-order valence-electron chi connectivity index (χ1n) is 8.27. The Hall–Kier alpha value is -1.92. The summed E-state index contributed by atoms with van der Waals surface area (Å²) in [6.07, 6.45) is 1.42. The van der Waals surface area contributed by atoms with Gasteiger partial charge in [-0.3, -0.25) is 4.79 Å². The summed E-state index contributed by atoms with van der Waals surface area (Å²) in [6.45, 7) is 6.20. The van der Waals surface area contributed by atoms with Crippen LogP contribution in [0.4, 0.5) is 5.69 Å². The highest BCUT2D eigenvalue weighted by Crippen LogP contribution is 2.21. The Morgan fingerprint density at radius 3 is 2.54 bits per heavy atom. The van der Waals surface area contributed by atoms with E-state index >= 15 is 0 Å². The lowest BCUT2D eigenvalue weighted by atomic mass is 10.1. The smallest absolute Gasteiger partial charge is 0.251 e. The van der Waals surface area contributed by atoms with Crippen molar-refractivity contribution in [3.05, 3.63) is 45.4 Å². The van der Waals surface area contributed by atoms with Crippen LogP contribution < -0.4 is 10.2 Å². The van der Waals surface area contributed by atoms with Crippen molar-refractivity contribution < 1.29 is 9.90 Å². The predicted octanol–water partition coefficient (Wildman–Crippen LogP) is 2.65. The molecule has 0 unspecified atom stereocenters. The SMILES string of the molecule is Cc1nc(CNC(=O)c2ccc(N3CCC(O)CC3)cc2)sc1C. The molecule has 1 aromatic carbocycles. The van der Waals surface area contributed by atoms with E-state index in [-0.39, 0.29) is 12.0 Å². The highest BCUT2D eigenvalue weighted by atomic mass is 32.1. The molecule has 0 saturated carbocycles. The molecule has 0 bridgehead atoms. The van der Waals surface area contributed by atoms with E-state index in [0.717, 1.165) is 42.3 Å². The summed E-state index contributed by atoms with van der Waals surface area (Å²) in [6, 6.07) is 7.66. The van der Waals surface area contributed by atoms with Crippen molar-refractivity contribution in [3.63, 3.8) is 0 Å². The van der Waals surface area contributed by atoms with E-state index in [1.54, 1.807) is 11.3 Å². The zero-order valence-electron chi connectivity index (χ0n) is 14.1. The largest absolute Gasteiger partial charge is 0.393 e. The lowest BCUT2D eigenvalue weighted by molar-refractivity contribution is 0.0951. The Labute approximate surface area is 146 Å². The standard InChI is InChI=1S/C18H23N3O2S/c1-12-13(2)24-17(20-12)11-19-18(23)14-3-5-15(6-4-14)21-9-7-16(22)8-10-21/h3-6,16,22H,7-11H2,1-2H3,(H,19,23). The number of piperidine rings is 1. The molecule has 1 saturated heterocycles. The van der Waals surface area contributed by atoms with Crippen LogP contribution in [0.1, 0.15) is 38.8 Å². The maximum absolute atomic E-state index is 12.3. The van der Waals surface area contributed by atoms with Gasteiger partial charge in [0.1, 0.15) is 5.01 Å². The molecular weight excluding hydrogens is 322 g/mol. The number of anilines is 1. The molecule has 24 heavy (non-hydrogen) atoms. The maximum atomic E-state index is 12.3. The summed E-state index contributed by atoms with van der Waals surface area (Å²) < 4.78 is 0. The minimum absolute atomic E-state index is 0.0823. The van der Waals surface area contributed by atoms with E-state index in [1.165, 1.54) is 4.88 Å². The molecule has 3 rings (SSSR count). The number of carbonyl (C=O) groups excluding carboxylic acids is 1. The molecule has 1 aliphatic heterocycles. The first-order valence-corrected chi connectivity index (χ1v) is 9.09. The monoisotopic (exact) mass is 345 g/mol. The fourth-order valence-corrected chi connectivity index (χ4v) is 3.69. The van der Waals surface area contributed by atoms with E-state index < -0.39 is 0 Å². The van der Waals surface area contributed by atoms with Crippen LogP contribution in [0, 0.1) is 13.8 Å². The number of carbonyl (C=O) groups is 1. The van der Waals surface area contributed by atoms with Crippen LogP contribution in [0.15, 0.2) is 24.3 Å². The van der Waals surface area contributed by atoms with Crippen LogP contribution in [0.5, 0.6) is 0 Å². The number of nitrogens with zero attached hydrogens (tertiary/aromatic N) is 2. The van der Waals surface area contributed by atoms with Gasteiger partial charge in [0.2, 0.25) is 0 Å². The molecular formula is C18H23N3O2S.